The molecule has 0 unspecified atom stereocenters. The highest BCUT2D eigenvalue weighted by Gasteiger charge is 2.26. The van der Waals surface area contributed by atoms with Gasteiger partial charge in [-0.1, -0.05) is 71.8 Å². The van der Waals surface area contributed by atoms with E-state index in [4.69, 9.17) is 16.3 Å². The first-order valence-corrected chi connectivity index (χ1v) is 8.91. The van der Waals surface area contributed by atoms with E-state index in [0.29, 0.717) is 5.02 Å². The van der Waals surface area contributed by atoms with Gasteiger partial charge in [-0.15, -0.1) is 0 Å². The smallest absolute Gasteiger partial charge is 0.426 e. The van der Waals surface area contributed by atoms with Gasteiger partial charge in [-0.3, -0.25) is 4.98 Å². The molecule has 0 amide bonds. The molecule has 4 rings (SSSR count). The van der Waals surface area contributed by atoms with Crippen molar-refractivity contribution in [1.82, 2.24) is 4.98 Å². The van der Waals surface area contributed by atoms with Crippen LogP contribution < -0.4 is 15.6 Å². The van der Waals surface area contributed by atoms with Crippen LogP contribution in [-0.2, 0) is 0 Å². The molecule has 3 aromatic carbocycles. The van der Waals surface area contributed by atoms with Crippen LogP contribution in [0.3, 0.4) is 0 Å². The zero-order valence-electron chi connectivity index (χ0n) is 14.4. The number of fused-ring (bicyclic) bond motifs is 1. The fourth-order valence-electron chi connectivity index (χ4n) is 3.16. The molecule has 4 heteroatoms. The van der Waals surface area contributed by atoms with Gasteiger partial charge in [0.15, 0.2) is 0 Å². The largest absolute Gasteiger partial charge is 0.550 e. The Morgan fingerprint density at radius 3 is 2.54 bits per heavy atom. The number of pyridine rings is 1. The van der Waals surface area contributed by atoms with E-state index in [2.05, 4.69) is 24.0 Å². The number of nitrogens with zero attached hydrogens (tertiary/aromatic N) is 1. The van der Waals surface area contributed by atoms with Crippen LogP contribution in [0.1, 0.15) is 5.56 Å². The molecule has 26 heavy (non-hydrogen) atoms. The maximum atomic E-state index is 6.51. The highest BCUT2D eigenvalue weighted by atomic mass is 35.5. The Labute approximate surface area is 158 Å². The van der Waals surface area contributed by atoms with Crippen LogP contribution in [0.5, 0.6) is 5.75 Å². The van der Waals surface area contributed by atoms with E-state index >= 15 is 0 Å². The summed E-state index contributed by atoms with van der Waals surface area (Å²) in [5.74, 6) is 0.760. The van der Waals surface area contributed by atoms with Crippen molar-refractivity contribution in [3.05, 3.63) is 95.6 Å². The lowest BCUT2D eigenvalue weighted by molar-refractivity contribution is 0.597. The van der Waals surface area contributed by atoms with Crippen LogP contribution >= 0.6 is 11.6 Å². The third kappa shape index (κ3) is 3.31. The monoisotopic (exact) mass is 357 g/mol. The minimum absolute atomic E-state index is 0.262. The van der Waals surface area contributed by atoms with Gasteiger partial charge in [-0.05, 0) is 42.1 Å². The average Bonchev–Trinajstić information content (AvgIpc) is 2.67. The number of hydrogen-bond donors (Lipinski definition) is 0. The molecule has 0 radical (unpaired) electrons. The van der Waals surface area contributed by atoms with Gasteiger partial charge in [0.05, 0.1) is 0 Å². The summed E-state index contributed by atoms with van der Waals surface area (Å²) in [6.07, 6.45) is 1.79. The normalized spacial score (nSPS) is 10.7. The highest BCUT2D eigenvalue weighted by Crippen LogP contribution is 2.23. The third-order valence-corrected chi connectivity index (χ3v) is 4.70. The zero-order valence-corrected chi connectivity index (χ0v) is 15.1. The molecule has 0 aliphatic carbocycles. The fourth-order valence-corrected chi connectivity index (χ4v) is 3.36. The molecule has 0 saturated heterocycles. The molecule has 0 N–H and O–H groups in total. The summed E-state index contributed by atoms with van der Waals surface area (Å²) >= 11 is 6.25. The van der Waals surface area contributed by atoms with Gasteiger partial charge >= 0.3 is 6.92 Å². The Morgan fingerprint density at radius 1 is 0.885 bits per heavy atom. The standard InChI is InChI=1S/C22H17BClNO/c1-16-7-2-3-12-20(16)23(18-10-5-11-19(24)15-18)26-21-13-4-8-17-9-6-14-25-22(17)21/h2-15H,1H3. The second-order valence-electron chi connectivity index (χ2n) is 6.24. The number of benzene rings is 3. The predicted octanol–water partition coefficient (Wildman–Crippen LogP) is 4.38. The van der Waals surface area contributed by atoms with Crippen molar-refractivity contribution in [2.24, 2.45) is 0 Å². The first kappa shape index (κ1) is 16.7. The molecule has 0 aliphatic heterocycles. The van der Waals surface area contributed by atoms with Crippen LogP contribution in [0, 0.1) is 6.92 Å². The molecule has 2 nitrogen and oxygen atoms in total. The molecular weight excluding hydrogens is 341 g/mol. The molecule has 0 spiro atoms. The Morgan fingerprint density at radius 2 is 1.69 bits per heavy atom. The summed E-state index contributed by atoms with van der Waals surface area (Å²) in [5.41, 5.74) is 4.16. The first-order valence-electron chi connectivity index (χ1n) is 8.54. The van der Waals surface area contributed by atoms with Crippen LogP contribution in [0.2, 0.25) is 5.02 Å². The van der Waals surface area contributed by atoms with Crippen molar-refractivity contribution in [2.45, 2.75) is 6.92 Å². The van der Waals surface area contributed by atoms with E-state index in [1.807, 2.05) is 66.7 Å². The van der Waals surface area contributed by atoms with E-state index in [9.17, 15) is 0 Å². The summed E-state index contributed by atoms with van der Waals surface area (Å²) in [4.78, 5) is 4.51. The molecule has 0 aliphatic rings. The van der Waals surface area contributed by atoms with Gasteiger partial charge in [0.25, 0.3) is 0 Å². The number of aromatic nitrogens is 1. The van der Waals surface area contributed by atoms with E-state index in [1.165, 1.54) is 5.56 Å². The molecule has 0 bridgehead atoms. The SMILES string of the molecule is Cc1ccccc1B(Oc1cccc2cccnc12)c1cccc(Cl)c1. The molecule has 0 saturated carbocycles. The zero-order chi connectivity index (χ0) is 17.9. The maximum absolute atomic E-state index is 6.51. The Balaban J connectivity index is 1.84. The fraction of sp³-hybridized carbons (Fsp3) is 0.0455. The Kier molecular flexibility index (Phi) is 4.64. The lowest BCUT2D eigenvalue weighted by Gasteiger charge is -2.19. The maximum Gasteiger partial charge on any atom is 0.426 e. The number of halogens is 1. The lowest BCUT2D eigenvalue weighted by Crippen LogP contribution is -2.48. The second-order valence-corrected chi connectivity index (χ2v) is 6.68. The quantitative estimate of drug-likeness (QED) is 0.506. The van der Waals surface area contributed by atoms with E-state index < -0.39 is 0 Å². The van der Waals surface area contributed by atoms with Gasteiger partial charge in [0.2, 0.25) is 0 Å². The van der Waals surface area contributed by atoms with Crippen LogP contribution in [0.25, 0.3) is 10.9 Å². The molecule has 0 fully saturated rings. The minimum atomic E-state index is -0.262. The van der Waals surface area contributed by atoms with Gasteiger partial charge in [-0.2, -0.15) is 0 Å². The van der Waals surface area contributed by atoms with Crippen molar-refractivity contribution in [3.63, 3.8) is 0 Å². The molecule has 126 valence electrons. The lowest BCUT2D eigenvalue weighted by atomic mass is 9.54. The summed E-state index contributed by atoms with van der Waals surface area (Å²) in [6, 6.07) is 26.1. The Hall–Kier alpha value is -2.78. The van der Waals surface area contributed by atoms with E-state index in [-0.39, 0.29) is 6.92 Å². The summed E-state index contributed by atoms with van der Waals surface area (Å²) in [6.45, 7) is 1.83. The van der Waals surface area contributed by atoms with Crippen LogP contribution in [0.4, 0.5) is 0 Å². The highest BCUT2D eigenvalue weighted by molar-refractivity contribution is 6.81. The predicted molar refractivity (Wildman–Crippen MR) is 110 cm³/mol. The first-order chi connectivity index (χ1) is 12.7. The summed E-state index contributed by atoms with van der Waals surface area (Å²) < 4.78 is 6.51. The minimum Gasteiger partial charge on any atom is -0.550 e. The number of para-hydroxylation sites is 1. The van der Waals surface area contributed by atoms with Gasteiger partial charge in [0, 0.05) is 16.6 Å². The number of aryl methyl sites for hydroxylation is 1. The average molecular weight is 358 g/mol. The van der Waals surface area contributed by atoms with Crippen molar-refractivity contribution in [3.8, 4) is 5.75 Å². The van der Waals surface area contributed by atoms with Gasteiger partial charge in [-0.25, -0.2) is 0 Å². The molecule has 4 aromatic rings. The van der Waals surface area contributed by atoms with Crippen molar-refractivity contribution in [2.75, 3.05) is 0 Å². The van der Waals surface area contributed by atoms with Crippen molar-refractivity contribution in [1.29, 1.82) is 0 Å². The topological polar surface area (TPSA) is 22.1 Å². The van der Waals surface area contributed by atoms with Gasteiger partial charge in [0.1, 0.15) is 11.3 Å². The third-order valence-electron chi connectivity index (χ3n) is 4.46. The summed E-state index contributed by atoms with van der Waals surface area (Å²) in [7, 11) is 0. The molecule has 1 aromatic heterocycles. The number of hydrogen-bond acceptors (Lipinski definition) is 2. The van der Waals surface area contributed by atoms with Crippen LogP contribution in [-0.4, -0.2) is 11.9 Å². The molecular formula is C22H17BClNO. The molecule has 1 heterocycles. The second kappa shape index (κ2) is 7.23. The van der Waals surface area contributed by atoms with E-state index in [1.54, 1.807) is 6.20 Å². The van der Waals surface area contributed by atoms with E-state index in [0.717, 1.165) is 27.6 Å². The Bertz CT molecular complexity index is 1060. The molecule has 0 atom stereocenters. The number of rotatable bonds is 4. The van der Waals surface area contributed by atoms with Crippen molar-refractivity contribution < 1.29 is 4.65 Å². The van der Waals surface area contributed by atoms with Crippen molar-refractivity contribution >= 4 is 40.3 Å². The van der Waals surface area contributed by atoms with Crippen LogP contribution in [0.15, 0.2) is 85.1 Å². The summed E-state index contributed by atoms with van der Waals surface area (Å²) in [5, 5.41) is 1.75. The van der Waals surface area contributed by atoms with Gasteiger partial charge < -0.3 is 4.65 Å².